The first-order valence-corrected chi connectivity index (χ1v) is 12.0. The summed E-state index contributed by atoms with van der Waals surface area (Å²) in [6.45, 7) is 1.24. The number of ether oxygens (including phenoxy) is 1. The highest BCUT2D eigenvalue weighted by Gasteiger charge is 2.25. The Kier molecular flexibility index (Phi) is 7.76. The lowest BCUT2D eigenvalue weighted by molar-refractivity contribution is -0.152. The van der Waals surface area contributed by atoms with Crippen molar-refractivity contribution in [3.05, 3.63) is 70.7 Å². The summed E-state index contributed by atoms with van der Waals surface area (Å²) in [6.07, 6.45) is -0.0161. The van der Waals surface area contributed by atoms with E-state index in [1.54, 1.807) is 21.2 Å². The van der Waals surface area contributed by atoms with Crippen LogP contribution in [0.25, 0.3) is 10.6 Å². The van der Waals surface area contributed by atoms with E-state index in [9.17, 15) is 14.4 Å². The molecule has 10 heteroatoms. The molecule has 0 spiro atoms. The van der Waals surface area contributed by atoms with Gasteiger partial charge in [0, 0.05) is 47.8 Å². The number of para-hydroxylation sites is 1. The number of benzene rings is 2. The fourth-order valence-electron chi connectivity index (χ4n) is 3.46. The number of aromatic nitrogens is 1. The molecule has 0 aliphatic carbocycles. The number of thiazole rings is 1. The van der Waals surface area contributed by atoms with Gasteiger partial charge in [0.05, 0.1) is 12.1 Å². The first-order valence-electron chi connectivity index (χ1n) is 10.7. The van der Waals surface area contributed by atoms with Crippen LogP contribution in [0.1, 0.15) is 5.69 Å². The van der Waals surface area contributed by atoms with E-state index in [1.165, 1.54) is 11.3 Å². The molecular formula is C24H23ClN4O4S. The van der Waals surface area contributed by atoms with Gasteiger partial charge in [-0.25, -0.2) is 9.78 Å². The van der Waals surface area contributed by atoms with Gasteiger partial charge < -0.3 is 19.9 Å². The van der Waals surface area contributed by atoms with Crippen LogP contribution in [0, 0.1) is 0 Å². The van der Waals surface area contributed by atoms with Crippen molar-refractivity contribution in [2.75, 3.05) is 38.1 Å². The summed E-state index contributed by atoms with van der Waals surface area (Å²) >= 11 is 7.43. The zero-order valence-electron chi connectivity index (χ0n) is 18.3. The van der Waals surface area contributed by atoms with E-state index < -0.39 is 5.97 Å². The third-order valence-corrected chi connectivity index (χ3v) is 6.43. The van der Waals surface area contributed by atoms with Crippen LogP contribution in [0.15, 0.2) is 60.0 Å². The van der Waals surface area contributed by atoms with E-state index >= 15 is 0 Å². The summed E-state index contributed by atoms with van der Waals surface area (Å²) in [5, 5.41) is 6.00. The Morgan fingerprint density at radius 1 is 1.00 bits per heavy atom. The van der Waals surface area contributed by atoms with Gasteiger partial charge in [-0.15, -0.1) is 11.3 Å². The topological polar surface area (TPSA) is 91.8 Å². The predicted octanol–water partition coefficient (Wildman–Crippen LogP) is 3.93. The largest absolute Gasteiger partial charge is 0.455 e. The lowest BCUT2D eigenvalue weighted by Gasteiger charge is -2.34. The molecule has 1 N–H and O–H groups in total. The first-order chi connectivity index (χ1) is 16.5. The number of carbonyl (C=O) groups is 3. The molecule has 1 fully saturated rings. The van der Waals surface area contributed by atoms with Crippen LogP contribution in [-0.2, 0) is 20.7 Å². The van der Waals surface area contributed by atoms with E-state index in [1.807, 2.05) is 48.5 Å². The molecule has 1 aromatic heterocycles. The van der Waals surface area contributed by atoms with Crippen molar-refractivity contribution in [1.29, 1.82) is 0 Å². The van der Waals surface area contributed by atoms with Gasteiger partial charge in [0.1, 0.15) is 5.01 Å². The Balaban J connectivity index is 1.19. The Morgan fingerprint density at radius 2 is 1.74 bits per heavy atom. The Bertz CT molecular complexity index is 1160. The van der Waals surface area contributed by atoms with E-state index in [-0.39, 0.29) is 25.0 Å². The van der Waals surface area contributed by atoms with Crippen molar-refractivity contribution in [1.82, 2.24) is 14.8 Å². The number of nitrogens with one attached hydrogen (secondary N) is 1. The van der Waals surface area contributed by atoms with Gasteiger partial charge >= 0.3 is 12.0 Å². The zero-order chi connectivity index (χ0) is 23.9. The first kappa shape index (κ1) is 23.7. The van der Waals surface area contributed by atoms with Gasteiger partial charge in [-0.3, -0.25) is 9.59 Å². The van der Waals surface area contributed by atoms with Gasteiger partial charge in [0.2, 0.25) is 0 Å². The van der Waals surface area contributed by atoms with E-state index in [0.717, 1.165) is 16.3 Å². The Labute approximate surface area is 206 Å². The summed E-state index contributed by atoms with van der Waals surface area (Å²) in [5.41, 5.74) is 2.18. The highest BCUT2D eigenvalue weighted by Crippen LogP contribution is 2.26. The second-order valence-electron chi connectivity index (χ2n) is 7.66. The molecule has 4 rings (SSSR count). The van der Waals surface area contributed by atoms with Crippen molar-refractivity contribution in [2.45, 2.75) is 6.42 Å². The van der Waals surface area contributed by atoms with Crippen LogP contribution in [0.3, 0.4) is 0 Å². The number of hydrogen-bond donors (Lipinski definition) is 1. The average molecular weight is 499 g/mol. The smallest absolute Gasteiger partial charge is 0.321 e. The number of hydrogen-bond acceptors (Lipinski definition) is 6. The fraction of sp³-hybridized carbons (Fsp3) is 0.250. The van der Waals surface area contributed by atoms with Crippen LogP contribution in [0.5, 0.6) is 0 Å². The normalized spacial score (nSPS) is 13.4. The molecule has 1 aliphatic rings. The molecule has 0 saturated carbocycles. The molecule has 2 aromatic carbocycles. The Hall–Kier alpha value is -3.43. The lowest BCUT2D eigenvalue weighted by atomic mass is 10.2. The van der Waals surface area contributed by atoms with Crippen LogP contribution in [0.2, 0.25) is 5.02 Å². The number of nitrogens with zero attached hydrogens (tertiary/aromatic N) is 3. The zero-order valence-corrected chi connectivity index (χ0v) is 19.8. The van der Waals surface area contributed by atoms with E-state index in [0.29, 0.717) is 36.9 Å². The number of amides is 3. The third kappa shape index (κ3) is 6.33. The molecule has 0 atom stereocenters. The van der Waals surface area contributed by atoms with Gasteiger partial charge in [-0.2, -0.15) is 0 Å². The summed E-state index contributed by atoms with van der Waals surface area (Å²) in [4.78, 5) is 44.7. The van der Waals surface area contributed by atoms with Crippen LogP contribution < -0.4 is 5.32 Å². The van der Waals surface area contributed by atoms with Crippen molar-refractivity contribution in [2.24, 2.45) is 0 Å². The summed E-state index contributed by atoms with van der Waals surface area (Å²) in [5.74, 6) is -0.800. The van der Waals surface area contributed by atoms with E-state index in [4.69, 9.17) is 16.3 Å². The SMILES string of the molecule is O=C(Cc1csc(-c2cccc(Cl)c2)n1)OCC(=O)N1CCN(C(=O)Nc2ccccc2)CC1. The monoisotopic (exact) mass is 498 g/mol. The van der Waals surface area contributed by atoms with E-state index in [2.05, 4.69) is 10.3 Å². The molecular weight excluding hydrogens is 476 g/mol. The van der Waals surface area contributed by atoms with Gasteiger partial charge in [0.15, 0.2) is 6.61 Å². The Morgan fingerprint density at radius 3 is 2.47 bits per heavy atom. The summed E-state index contributed by atoms with van der Waals surface area (Å²) < 4.78 is 5.17. The molecule has 176 valence electrons. The lowest BCUT2D eigenvalue weighted by Crippen LogP contribution is -2.52. The molecule has 3 amide bonds. The minimum atomic E-state index is -0.517. The number of halogens is 1. The van der Waals surface area contributed by atoms with Crippen molar-refractivity contribution >= 4 is 46.5 Å². The highest BCUT2D eigenvalue weighted by molar-refractivity contribution is 7.13. The number of carbonyl (C=O) groups excluding carboxylic acids is 3. The molecule has 1 aliphatic heterocycles. The fourth-order valence-corrected chi connectivity index (χ4v) is 4.46. The molecule has 34 heavy (non-hydrogen) atoms. The molecule has 0 unspecified atom stereocenters. The second-order valence-corrected chi connectivity index (χ2v) is 8.95. The minimum absolute atomic E-state index is 0.0161. The van der Waals surface area contributed by atoms with Crippen molar-refractivity contribution in [3.63, 3.8) is 0 Å². The number of rotatable bonds is 6. The standard InChI is InChI=1S/C24H23ClN4O4S/c25-18-6-4-5-17(13-18)23-26-20(16-34-23)14-22(31)33-15-21(30)28-9-11-29(12-10-28)24(32)27-19-7-2-1-3-8-19/h1-8,13,16H,9-12,14-15H2,(H,27,32). The predicted molar refractivity (Wildman–Crippen MR) is 131 cm³/mol. The summed E-state index contributed by atoms with van der Waals surface area (Å²) in [7, 11) is 0. The summed E-state index contributed by atoms with van der Waals surface area (Å²) in [6, 6.07) is 16.3. The van der Waals surface area contributed by atoms with Crippen LogP contribution in [-0.4, -0.2) is 65.5 Å². The number of anilines is 1. The van der Waals surface area contributed by atoms with Crippen molar-refractivity contribution < 1.29 is 19.1 Å². The van der Waals surface area contributed by atoms with Crippen molar-refractivity contribution in [3.8, 4) is 10.6 Å². The molecule has 2 heterocycles. The van der Waals surface area contributed by atoms with Crippen LogP contribution >= 0.6 is 22.9 Å². The highest BCUT2D eigenvalue weighted by atomic mass is 35.5. The maximum absolute atomic E-state index is 12.4. The molecule has 0 bridgehead atoms. The minimum Gasteiger partial charge on any atom is -0.455 e. The second kappa shape index (κ2) is 11.1. The maximum Gasteiger partial charge on any atom is 0.321 e. The number of piperazine rings is 1. The van der Waals surface area contributed by atoms with Gasteiger partial charge in [0.25, 0.3) is 5.91 Å². The maximum atomic E-state index is 12.4. The quantitative estimate of drug-likeness (QED) is 0.520. The molecule has 1 saturated heterocycles. The molecule has 3 aromatic rings. The third-order valence-electron chi connectivity index (χ3n) is 5.25. The number of esters is 1. The number of urea groups is 1. The molecule has 0 radical (unpaired) electrons. The molecule has 8 nitrogen and oxygen atoms in total. The van der Waals surface area contributed by atoms with Gasteiger partial charge in [-0.1, -0.05) is 41.9 Å². The van der Waals surface area contributed by atoms with Gasteiger partial charge in [-0.05, 0) is 24.3 Å². The van der Waals surface area contributed by atoms with Crippen LogP contribution in [0.4, 0.5) is 10.5 Å². The average Bonchev–Trinajstić information content (AvgIpc) is 3.32.